The first-order valence-corrected chi connectivity index (χ1v) is 10.6. The van der Waals surface area contributed by atoms with Gasteiger partial charge in [0.15, 0.2) is 0 Å². The average molecular weight is 416 g/mol. The monoisotopic (exact) mass is 415 g/mol. The first-order chi connectivity index (χ1) is 13.2. The third-order valence-electron chi connectivity index (χ3n) is 4.13. The molecule has 0 atom stereocenters. The lowest BCUT2D eigenvalue weighted by atomic mass is 10.1. The van der Waals surface area contributed by atoms with Crippen molar-refractivity contribution in [2.75, 3.05) is 25.4 Å². The lowest BCUT2D eigenvalue weighted by Gasteiger charge is -2.20. The Morgan fingerprint density at radius 2 is 1.93 bits per heavy atom. The standard InChI is InChI=1S/C18H29N3O6S/c1-4-5-6-7-12-21(18(23)19-2)17(22)11-9-14-8-10-16(27-3)15(13-14)20-28(24,25)26/h8,10,13,20H,4-7,9,11-12H2,1-3H3,(H,19,23)(H,24,25,26). The Morgan fingerprint density at radius 1 is 1.21 bits per heavy atom. The average Bonchev–Trinajstić information content (AvgIpc) is 2.64. The Bertz CT molecular complexity index is 767. The van der Waals surface area contributed by atoms with E-state index in [1.54, 1.807) is 6.07 Å². The van der Waals surface area contributed by atoms with Gasteiger partial charge in [-0.1, -0.05) is 32.3 Å². The van der Waals surface area contributed by atoms with Crippen molar-refractivity contribution in [3.05, 3.63) is 23.8 Å². The van der Waals surface area contributed by atoms with E-state index in [1.807, 2.05) is 4.72 Å². The first kappa shape index (κ1) is 23.7. The Hall–Kier alpha value is -2.33. The van der Waals surface area contributed by atoms with Gasteiger partial charge in [-0.2, -0.15) is 8.42 Å². The van der Waals surface area contributed by atoms with Gasteiger partial charge in [-0.3, -0.25) is 19.0 Å². The summed E-state index contributed by atoms with van der Waals surface area (Å²) in [5.41, 5.74) is 0.723. The van der Waals surface area contributed by atoms with Gasteiger partial charge in [0.25, 0.3) is 0 Å². The van der Waals surface area contributed by atoms with Crippen LogP contribution in [0.25, 0.3) is 0 Å². The molecule has 0 spiro atoms. The number of nitrogens with zero attached hydrogens (tertiary/aromatic N) is 1. The normalized spacial score (nSPS) is 11.0. The Morgan fingerprint density at radius 3 is 2.50 bits per heavy atom. The number of hydrogen-bond acceptors (Lipinski definition) is 5. The second-order valence-electron chi connectivity index (χ2n) is 6.27. The molecule has 0 radical (unpaired) electrons. The van der Waals surface area contributed by atoms with E-state index in [2.05, 4.69) is 12.2 Å². The summed E-state index contributed by atoms with van der Waals surface area (Å²) in [6, 6.07) is 4.26. The largest absolute Gasteiger partial charge is 0.495 e. The van der Waals surface area contributed by atoms with E-state index in [0.717, 1.165) is 25.7 Å². The molecule has 0 fully saturated rings. The van der Waals surface area contributed by atoms with E-state index in [0.29, 0.717) is 18.5 Å². The van der Waals surface area contributed by atoms with Crippen LogP contribution in [0.15, 0.2) is 18.2 Å². The number of aryl methyl sites for hydroxylation is 1. The molecule has 1 aromatic rings. The number of methoxy groups -OCH3 is 1. The zero-order valence-electron chi connectivity index (χ0n) is 16.5. The molecule has 158 valence electrons. The molecular formula is C18H29N3O6S. The van der Waals surface area contributed by atoms with Gasteiger partial charge < -0.3 is 10.1 Å². The Balaban J connectivity index is 2.80. The molecular weight excluding hydrogens is 386 g/mol. The highest BCUT2D eigenvalue weighted by molar-refractivity contribution is 7.87. The van der Waals surface area contributed by atoms with Crippen molar-refractivity contribution < 1.29 is 27.3 Å². The maximum Gasteiger partial charge on any atom is 0.357 e. The van der Waals surface area contributed by atoms with Crippen LogP contribution in [0, 0.1) is 0 Å². The second-order valence-corrected chi connectivity index (χ2v) is 7.43. The predicted octanol–water partition coefficient (Wildman–Crippen LogP) is 2.59. The summed E-state index contributed by atoms with van der Waals surface area (Å²) in [7, 11) is -1.61. The number of urea groups is 1. The number of carbonyl (C=O) groups is 2. The number of imide groups is 1. The smallest absolute Gasteiger partial charge is 0.357 e. The van der Waals surface area contributed by atoms with Crippen molar-refractivity contribution in [2.45, 2.75) is 45.4 Å². The number of benzene rings is 1. The van der Waals surface area contributed by atoms with Crippen LogP contribution in [-0.2, 0) is 21.5 Å². The molecule has 0 aliphatic carbocycles. The van der Waals surface area contributed by atoms with Gasteiger partial charge in [-0.25, -0.2) is 4.79 Å². The quantitative estimate of drug-likeness (QED) is 0.377. The highest BCUT2D eigenvalue weighted by Crippen LogP contribution is 2.27. The minimum Gasteiger partial charge on any atom is -0.495 e. The van der Waals surface area contributed by atoms with Gasteiger partial charge >= 0.3 is 16.3 Å². The van der Waals surface area contributed by atoms with Gasteiger partial charge in [-0.05, 0) is 30.5 Å². The first-order valence-electron chi connectivity index (χ1n) is 9.16. The molecule has 0 saturated carbocycles. The number of unbranched alkanes of at least 4 members (excludes halogenated alkanes) is 3. The molecule has 3 amide bonds. The molecule has 0 aliphatic rings. The molecule has 0 bridgehead atoms. The summed E-state index contributed by atoms with van der Waals surface area (Å²) < 4.78 is 38.1. The van der Waals surface area contributed by atoms with Crippen LogP contribution in [0.2, 0.25) is 0 Å². The number of amides is 3. The lowest BCUT2D eigenvalue weighted by molar-refractivity contribution is -0.128. The van der Waals surface area contributed by atoms with Crippen molar-refractivity contribution in [1.82, 2.24) is 10.2 Å². The van der Waals surface area contributed by atoms with Crippen molar-refractivity contribution in [2.24, 2.45) is 0 Å². The number of anilines is 1. The number of ether oxygens (including phenoxy) is 1. The number of carbonyl (C=O) groups excluding carboxylic acids is 2. The number of hydrogen-bond donors (Lipinski definition) is 3. The zero-order chi connectivity index (χ0) is 21.2. The maximum atomic E-state index is 12.5. The van der Waals surface area contributed by atoms with E-state index in [-0.39, 0.29) is 23.8 Å². The van der Waals surface area contributed by atoms with Crippen LogP contribution >= 0.6 is 0 Å². The molecule has 3 N–H and O–H groups in total. The Kier molecular flexibility index (Phi) is 9.74. The molecule has 1 aromatic carbocycles. The summed E-state index contributed by atoms with van der Waals surface area (Å²) in [5.74, 6) is -0.0773. The van der Waals surface area contributed by atoms with Crippen molar-refractivity contribution in [1.29, 1.82) is 0 Å². The fourth-order valence-electron chi connectivity index (χ4n) is 2.69. The van der Waals surface area contributed by atoms with Crippen molar-refractivity contribution >= 4 is 27.9 Å². The van der Waals surface area contributed by atoms with E-state index in [1.165, 1.54) is 31.2 Å². The SMILES string of the molecule is CCCCCCN(C(=O)CCc1ccc(OC)c(NS(=O)(=O)O)c1)C(=O)NC. The minimum atomic E-state index is -4.46. The topological polar surface area (TPSA) is 125 Å². The van der Waals surface area contributed by atoms with Crippen LogP contribution in [0.5, 0.6) is 5.75 Å². The second kappa shape index (κ2) is 11.5. The van der Waals surface area contributed by atoms with E-state index < -0.39 is 16.3 Å². The van der Waals surface area contributed by atoms with E-state index >= 15 is 0 Å². The minimum absolute atomic E-state index is 0.0673. The van der Waals surface area contributed by atoms with Crippen molar-refractivity contribution in [3.63, 3.8) is 0 Å². The molecule has 9 nitrogen and oxygen atoms in total. The predicted molar refractivity (Wildman–Crippen MR) is 107 cm³/mol. The molecule has 0 unspecified atom stereocenters. The summed E-state index contributed by atoms with van der Waals surface area (Å²) in [6.07, 6.45) is 4.18. The fourth-order valence-corrected chi connectivity index (χ4v) is 3.12. The zero-order valence-corrected chi connectivity index (χ0v) is 17.3. The summed E-state index contributed by atoms with van der Waals surface area (Å²) >= 11 is 0. The summed E-state index contributed by atoms with van der Waals surface area (Å²) in [6.45, 7) is 2.44. The molecule has 0 saturated heterocycles. The van der Waals surface area contributed by atoms with Crippen LogP contribution in [0.3, 0.4) is 0 Å². The lowest BCUT2D eigenvalue weighted by Crippen LogP contribution is -2.43. The third kappa shape index (κ3) is 8.13. The molecule has 0 aromatic heterocycles. The maximum absolute atomic E-state index is 12.5. The van der Waals surface area contributed by atoms with Gasteiger partial charge in [0, 0.05) is 20.0 Å². The van der Waals surface area contributed by atoms with E-state index in [4.69, 9.17) is 9.29 Å². The molecule has 0 heterocycles. The van der Waals surface area contributed by atoms with Crippen LogP contribution < -0.4 is 14.8 Å². The van der Waals surface area contributed by atoms with Crippen LogP contribution in [0.1, 0.15) is 44.6 Å². The molecule has 0 aliphatic heterocycles. The molecule has 28 heavy (non-hydrogen) atoms. The van der Waals surface area contributed by atoms with Crippen LogP contribution in [-0.4, -0.2) is 50.5 Å². The number of rotatable bonds is 11. The molecule has 1 rings (SSSR count). The highest BCUT2D eigenvalue weighted by atomic mass is 32.2. The van der Waals surface area contributed by atoms with Gasteiger partial charge in [0.05, 0.1) is 12.8 Å². The van der Waals surface area contributed by atoms with Gasteiger partial charge in [0.2, 0.25) is 5.91 Å². The fraction of sp³-hybridized carbons (Fsp3) is 0.556. The van der Waals surface area contributed by atoms with E-state index in [9.17, 15) is 18.0 Å². The number of nitrogens with one attached hydrogen (secondary N) is 2. The highest BCUT2D eigenvalue weighted by Gasteiger charge is 2.20. The summed E-state index contributed by atoms with van der Waals surface area (Å²) in [4.78, 5) is 25.7. The Labute approximate surface area is 166 Å². The molecule has 10 heteroatoms. The van der Waals surface area contributed by atoms with Gasteiger partial charge in [-0.15, -0.1) is 0 Å². The van der Waals surface area contributed by atoms with Crippen LogP contribution in [0.4, 0.5) is 10.5 Å². The summed E-state index contributed by atoms with van der Waals surface area (Å²) in [5, 5.41) is 2.48. The van der Waals surface area contributed by atoms with Gasteiger partial charge in [0.1, 0.15) is 5.75 Å². The third-order valence-corrected chi connectivity index (χ3v) is 4.60. The van der Waals surface area contributed by atoms with Crippen molar-refractivity contribution in [3.8, 4) is 5.75 Å².